The van der Waals surface area contributed by atoms with E-state index in [1.165, 1.54) is 0 Å². The molecule has 0 bridgehead atoms. The van der Waals surface area contributed by atoms with Crippen LogP contribution in [0.1, 0.15) is 63.5 Å². The number of nitrogens with zero attached hydrogens (tertiary/aromatic N) is 1. The molecule has 1 amide bonds. The van der Waals surface area contributed by atoms with Crippen molar-refractivity contribution in [2.75, 3.05) is 11.9 Å². The van der Waals surface area contributed by atoms with Gasteiger partial charge in [0.2, 0.25) is 0 Å². The summed E-state index contributed by atoms with van der Waals surface area (Å²) in [6, 6.07) is 4.09. The molecule has 2 rings (SSSR count). The van der Waals surface area contributed by atoms with Crippen molar-refractivity contribution in [2.45, 2.75) is 58.9 Å². The summed E-state index contributed by atoms with van der Waals surface area (Å²) in [5.74, 6) is 1.52. The molecule has 0 unspecified atom stereocenters. The highest BCUT2D eigenvalue weighted by Crippen LogP contribution is 2.27. The minimum Gasteiger partial charge on any atom is -0.370 e. The number of amides is 1. The Kier molecular flexibility index (Phi) is 4.55. The van der Waals surface area contributed by atoms with Gasteiger partial charge in [-0.15, -0.1) is 0 Å². The van der Waals surface area contributed by atoms with Gasteiger partial charge >= 0.3 is 0 Å². The fourth-order valence-electron chi connectivity index (χ4n) is 2.61. The van der Waals surface area contributed by atoms with E-state index >= 15 is 0 Å². The minimum atomic E-state index is -0.0779. The van der Waals surface area contributed by atoms with Gasteiger partial charge in [0.05, 0.1) is 0 Å². The molecule has 1 aromatic rings. The van der Waals surface area contributed by atoms with E-state index in [1.807, 2.05) is 19.1 Å². The average Bonchev–Trinajstić information content (AvgIpc) is 2.36. The average molecular weight is 289 g/mol. The molecule has 0 saturated heterocycles. The Bertz CT molecular complexity index is 513. The number of pyridine rings is 1. The van der Waals surface area contributed by atoms with Crippen LogP contribution in [0.3, 0.4) is 0 Å². The fraction of sp³-hybridized carbons (Fsp3) is 0.647. The number of rotatable bonds is 4. The van der Waals surface area contributed by atoms with Gasteiger partial charge in [-0.25, -0.2) is 4.98 Å². The lowest BCUT2D eigenvalue weighted by atomic mass is 9.82. The lowest BCUT2D eigenvalue weighted by Gasteiger charge is -2.33. The number of nitrogens with one attached hydrogen (secondary N) is 2. The molecule has 2 N–H and O–H groups in total. The molecule has 4 nitrogen and oxygen atoms in total. The largest absolute Gasteiger partial charge is 0.370 e. The zero-order valence-corrected chi connectivity index (χ0v) is 13.8. The molecule has 116 valence electrons. The molecule has 1 fully saturated rings. The number of carbonyl (C=O) groups excluding carboxylic acids is 1. The van der Waals surface area contributed by atoms with E-state index in [1.54, 1.807) is 0 Å². The fourth-order valence-corrected chi connectivity index (χ4v) is 2.61. The van der Waals surface area contributed by atoms with Crippen LogP contribution in [0.25, 0.3) is 0 Å². The first-order valence-electron chi connectivity index (χ1n) is 7.87. The number of anilines is 1. The highest BCUT2D eigenvalue weighted by molar-refractivity contribution is 5.95. The summed E-state index contributed by atoms with van der Waals surface area (Å²) < 4.78 is 0. The first kappa shape index (κ1) is 15.8. The van der Waals surface area contributed by atoms with Crippen LogP contribution in [0, 0.1) is 5.92 Å². The van der Waals surface area contributed by atoms with Crippen LogP contribution in [-0.4, -0.2) is 23.5 Å². The van der Waals surface area contributed by atoms with Gasteiger partial charge in [-0.2, -0.15) is 0 Å². The number of aromatic nitrogens is 1. The smallest absolute Gasteiger partial charge is 0.251 e. The van der Waals surface area contributed by atoms with Crippen molar-refractivity contribution >= 4 is 11.7 Å². The van der Waals surface area contributed by atoms with E-state index in [9.17, 15) is 4.79 Å². The van der Waals surface area contributed by atoms with Crippen molar-refractivity contribution in [1.82, 2.24) is 10.3 Å². The Hall–Kier alpha value is -1.58. The minimum absolute atomic E-state index is 0.0129. The van der Waals surface area contributed by atoms with E-state index in [4.69, 9.17) is 0 Å². The summed E-state index contributed by atoms with van der Waals surface area (Å²) >= 11 is 0. The Balaban J connectivity index is 2.20. The molecule has 1 heterocycles. The van der Waals surface area contributed by atoms with Crippen molar-refractivity contribution < 1.29 is 4.79 Å². The number of hydrogen-bond donors (Lipinski definition) is 2. The van der Waals surface area contributed by atoms with Crippen LogP contribution in [-0.2, 0) is 5.41 Å². The second-order valence-corrected chi connectivity index (χ2v) is 7.15. The molecule has 0 aliphatic heterocycles. The van der Waals surface area contributed by atoms with Crippen LogP contribution in [0.4, 0.5) is 5.82 Å². The number of carbonyl (C=O) groups is 1. The summed E-state index contributed by atoms with van der Waals surface area (Å²) in [4.78, 5) is 17.0. The maximum atomic E-state index is 12.4. The molecule has 0 aromatic carbocycles. The van der Waals surface area contributed by atoms with Crippen LogP contribution < -0.4 is 10.6 Å². The highest BCUT2D eigenvalue weighted by Gasteiger charge is 2.27. The Morgan fingerprint density at radius 3 is 2.52 bits per heavy atom. The Morgan fingerprint density at radius 1 is 1.33 bits per heavy atom. The molecule has 1 aromatic heterocycles. The molecule has 1 saturated carbocycles. The number of hydrogen-bond acceptors (Lipinski definition) is 3. The lowest BCUT2D eigenvalue weighted by molar-refractivity contribution is 0.0896. The summed E-state index contributed by atoms with van der Waals surface area (Å²) in [6.07, 6.45) is 2.17. The van der Waals surface area contributed by atoms with Gasteiger partial charge in [-0.3, -0.25) is 4.79 Å². The maximum absolute atomic E-state index is 12.4. The highest BCUT2D eigenvalue weighted by atomic mass is 16.1. The summed E-state index contributed by atoms with van der Waals surface area (Å²) in [6.45, 7) is 11.4. The van der Waals surface area contributed by atoms with E-state index < -0.39 is 0 Å². The zero-order chi connectivity index (χ0) is 15.6. The first-order valence-corrected chi connectivity index (χ1v) is 7.87. The van der Waals surface area contributed by atoms with Gasteiger partial charge in [0.25, 0.3) is 5.91 Å². The van der Waals surface area contributed by atoms with Gasteiger partial charge in [-0.05, 0) is 37.8 Å². The van der Waals surface area contributed by atoms with Gasteiger partial charge in [-0.1, -0.05) is 27.7 Å². The normalized spacial score (nSPS) is 21.6. The summed E-state index contributed by atoms with van der Waals surface area (Å²) in [5, 5.41) is 6.33. The van der Waals surface area contributed by atoms with Crippen molar-refractivity contribution in [1.29, 1.82) is 0 Å². The predicted molar refractivity (Wildman–Crippen MR) is 86.8 cm³/mol. The third kappa shape index (κ3) is 3.96. The van der Waals surface area contributed by atoms with E-state index in [0.29, 0.717) is 11.6 Å². The molecule has 1 aliphatic rings. The van der Waals surface area contributed by atoms with E-state index in [-0.39, 0.29) is 11.3 Å². The predicted octanol–water partition coefficient (Wildman–Crippen LogP) is 3.34. The second kappa shape index (κ2) is 6.04. The Labute approximate surface area is 127 Å². The summed E-state index contributed by atoms with van der Waals surface area (Å²) in [7, 11) is 0. The van der Waals surface area contributed by atoms with E-state index in [2.05, 4.69) is 43.3 Å². The molecule has 4 heteroatoms. The van der Waals surface area contributed by atoms with Gasteiger partial charge in [0, 0.05) is 29.3 Å². The molecule has 1 aliphatic carbocycles. The van der Waals surface area contributed by atoms with Gasteiger partial charge in [0.1, 0.15) is 5.82 Å². The van der Waals surface area contributed by atoms with Crippen LogP contribution >= 0.6 is 0 Å². The zero-order valence-electron chi connectivity index (χ0n) is 13.8. The van der Waals surface area contributed by atoms with Crippen molar-refractivity contribution in [3.8, 4) is 0 Å². The third-order valence-electron chi connectivity index (χ3n) is 3.92. The van der Waals surface area contributed by atoms with Crippen LogP contribution in [0.15, 0.2) is 12.1 Å². The Morgan fingerprint density at radius 2 is 2.00 bits per heavy atom. The van der Waals surface area contributed by atoms with Crippen LogP contribution in [0.2, 0.25) is 0 Å². The van der Waals surface area contributed by atoms with Gasteiger partial charge in [0.15, 0.2) is 0 Å². The molecule has 0 spiro atoms. The topological polar surface area (TPSA) is 54.0 Å². The van der Waals surface area contributed by atoms with Crippen molar-refractivity contribution in [3.05, 3.63) is 23.4 Å². The van der Waals surface area contributed by atoms with Crippen LogP contribution in [0.5, 0.6) is 0 Å². The van der Waals surface area contributed by atoms with Crippen molar-refractivity contribution in [2.24, 2.45) is 5.92 Å². The standard InChI is InChI=1S/C17H27N3O/c1-6-18-15-10-12(9-14(20-15)17(3,4)5)16(21)19-13-7-11(2)8-13/h9-11,13H,6-8H2,1-5H3,(H,18,20)(H,19,21). The molecular weight excluding hydrogens is 262 g/mol. The maximum Gasteiger partial charge on any atom is 0.251 e. The van der Waals surface area contributed by atoms with Crippen molar-refractivity contribution in [3.63, 3.8) is 0 Å². The van der Waals surface area contributed by atoms with Gasteiger partial charge < -0.3 is 10.6 Å². The monoisotopic (exact) mass is 289 g/mol. The molecule has 0 atom stereocenters. The third-order valence-corrected chi connectivity index (χ3v) is 3.92. The first-order chi connectivity index (χ1) is 9.79. The second-order valence-electron chi connectivity index (χ2n) is 7.15. The summed E-state index contributed by atoms with van der Waals surface area (Å²) in [5.41, 5.74) is 1.56. The molecular formula is C17H27N3O. The van der Waals surface area contributed by atoms with E-state index in [0.717, 1.165) is 36.8 Å². The quantitative estimate of drug-likeness (QED) is 0.894. The molecule has 0 radical (unpaired) electrons. The molecule has 21 heavy (non-hydrogen) atoms. The lowest BCUT2D eigenvalue weighted by Crippen LogP contribution is -2.43. The SMILES string of the molecule is CCNc1cc(C(=O)NC2CC(C)C2)cc(C(C)(C)C)n1.